The minimum Gasteiger partial charge on any atom is -0.478 e. The molecule has 2 rings (SSSR count). The average Bonchev–Trinajstić information content (AvgIpc) is 2.40. The van der Waals surface area contributed by atoms with Crippen LogP contribution in [0, 0.1) is 17.8 Å². The van der Waals surface area contributed by atoms with Gasteiger partial charge in [0.1, 0.15) is 11.1 Å². The summed E-state index contributed by atoms with van der Waals surface area (Å²) in [5.74, 6) is 0.744. The molecule has 116 valence electrons. The van der Waals surface area contributed by atoms with Gasteiger partial charge in [0, 0.05) is 6.20 Å². The number of carboxylic acid groups (broad SMARTS) is 1. The first-order valence-corrected chi connectivity index (χ1v) is 7.82. The molecule has 1 N–H and O–H groups in total. The zero-order valence-corrected chi connectivity index (χ0v) is 13.4. The first-order valence-electron chi connectivity index (χ1n) is 7.44. The molecule has 1 heterocycles. The van der Waals surface area contributed by atoms with Gasteiger partial charge in [-0.2, -0.15) is 0 Å². The molecule has 1 aliphatic rings. The van der Waals surface area contributed by atoms with Crippen LogP contribution < -0.4 is 4.74 Å². The van der Waals surface area contributed by atoms with Crippen molar-refractivity contribution >= 4 is 17.6 Å². The number of carbonyl (C=O) groups is 1. The van der Waals surface area contributed by atoms with E-state index in [1.54, 1.807) is 0 Å². The Balaban J connectivity index is 2.23. The standard InChI is InChI=1S/C16H22ClNO3/c1-9(2)11-5-4-10(3)8-13(11)21-15-14(17)12(16(19)20)6-7-18-15/h6-7,9-11,13H,4-5,8H2,1-3H3,(H,19,20). The van der Waals surface area contributed by atoms with Gasteiger partial charge < -0.3 is 9.84 Å². The average molecular weight is 312 g/mol. The third-order valence-corrected chi connectivity index (χ3v) is 4.68. The summed E-state index contributed by atoms with van der Waals surface area (Å²) in [5, 5.41) is 9.20. The largest absolute Gasteiger partial charge is 0.478 e. The zero-order valence-electron chi connectivity index (χ0n) is 12.7. The van der Waals surface area contributed by atoms with Crippen LogP contribution in [-0.2, 0) is 0 Å². The molecule has 0 amide bonds. The summed E-state index contributed by atoms with van der Waals surface area (Å²) in [6.45, 7) is 6.61. The molecule has 1 aliphatic carbocycles. The van der Waals surface area contributed by atoms with Gasteiger partial charge in [-0.25, -0.2) is 9.78 Å². The number of aromatic nitrogens is 1. The second-order valence-electron chi connectivity index (χ2n) is 6.27. The molecule has 1 aromatic heterocycles. The van der Waals surface area contributed by atoms with E-state index in [9.17, 15) is 4.79 Å². The van der Waals surface area contributed by atoms with E-state index in [0.717, 1.165) is 12.8 Å². The van der Waals surface area contributed by atoms with Gasteiger partial charge in [0.15, 0.2) is 0 Å². The Kier molecular flexibility index (Phi) is 5.09. The van der Waals surface area contributed by atoms with Crippen LogP contribution in [0.1, 0.15) is 50.4 Å². The molecule has 0 radical (unpaired) electrons. The highest BCUT2D eigenvalue weighted by molar-refractivity contribution is 6.34. The molecule has 4 nitrogen and oxygen atoms in total. The van der Waals surface area contributed by atoms with E-state index in [1.165, 1.54) is 18.7 Å². The lowest BCUT2D eigenvalue weighted by molar-refractivity contribution is 0.0424. The van der Waals surface area contributed by atoms with Crippen LogP contribution in [0.15, 0.2) is 12.3 Å². The molecule has 1 fully saturated rings. The van der Waals surface area contributed by atoms with Crippen LogP contribution in [0.5, 0.6) is 5.88 Å². The molecular formula is C16H22ClNO3. The van der Waals surface area contributed by atoms with Gasteiger partial charge in [-0.1, -0.05) is 38.8 Å². The van der Waals surface area contributed by atoms with Crippen molar-refractivity contribution in [2.75, 3.05) is 0 Å². The summed E-state index contributed by atoms with van der Waals surface area (Å²) in [6, 6.07) is 1.39. The van der Waals surface area contributed by atoms with Gasteiger partial charge in [0.05, 0.1) is 5.56 Å². The Labute approximate surface area is 130 Å². The van der Waals surface area contributed by atoms with Crippen molar-refractivity contribution in [2.45, 2.75) is 46.1 Å². The maximum absolute atomic E-state index is 11.1. The van der Waals surface area contributed by atoms with Gasteiger partial charge in [0.2, 0.25) is 5.88 Å². The molecule has 0 saturated heterocycles. The number of rotatable bonds is 4. The number of ether oxygens (including phenoxy) is 1. The van der Waals surface area contributed by atoms with Gasteiger partial charge in [-0.3, -0.25) is 0 Å². The topological polar surface area (TPSA) is 59.4 Å². The van der Waals surface area contributed by atoms with E-state index in [4.69, 9.17) is 21.4 Å². The summed E-state index contributed by atoms with van der Waals surface area (Å²) in [5.41, 5.74) is 0.0339. The van der Waals surface area contributed by atoms with Gasteiger partial charge in [-0.15, -0.1) is 0 Å². The zero-order chi connectivity index (χ0) is 15.6. The molecular weight excluding hydrogens is 290 g/mol. The van der Waals surface area contributed by atoms with Crippen molar-refractivity contribution in [2.24, 2.45) is 17.8 Å². The van der Waals surface area contributed by atoms with E-state index in [-0.39, 0.29) is 22.6 Å². The Morgan fingerprint density at radius 3 is 2.81 bits per heavy atom. The Bertz CT molecular complexity index is 518. The third kappa shape index (κ3) is 3.67. The summed E-state index contributed by atoms with van der Waals surface area (Å²) in [4.78, 5) is 15.2. The molecule has 21 heavy (non-hydrogen) atoms. The van der Waals surface area contributed by atoms with Crippen LogP contribution >= 0.6 is 11.6 Å². The first-order chi connectivity index (χ1) is 9.90. The highest BCUT2D eigenvalue weighted by Crippen LogP contribution is 2.37. The van der Waals surface area contributed by atoms with E-state index in [0.29, 0.717) is 17.8 Å². The summed E-state index contributed by atoms with van der Waals surface area (Å²) in [7, 11) is 0. The summed E-state index contributed by atoms with van der Waals surface area (Å²) < 4.78 is 6.01. The minimum absolute atomic E-state index is 0.0339. The smallest absolute Gasteiger partial charge is 0.337 e. The fourth-order valence-electron chi connectivity index (χ4n) is 3.07. The molecule has 3 unspecified atom stereocenters. The Morgan fingerprint density at radius 2 is 2.19 bits per heavy atom. The number of halogens is 1. The normalized spacial score (nSPS) is 25.9. The molecule has 0 spiro atoms. The highest BCUT2D eigenvalue weighted by atomic mass is 35.5. The van der Waals surface area contributed by atoms with E-state index < -0.39 is 5.97 Å². The second-order valence-corrected chi connectivity index (χ2v) is 6.64. The quantitative estimate of drug-likeness (QED) is 0.902. The number of aromatic carboxylic acids is 1. The van der Waals surface area contributed by atoms with E-state index in [2.05, 4.69) is 25.8 Å². The van der Waals surface area contributed by atoms with Crippen LogP contribution in [0.3, 0.4) is 0 Å². The number of nitrogens with zero attached hydrogens (tertiary/aromatic N) is 1. The van der Waals surface area contributed by atoms with Crippen LogP contribution in [0.25, 0.3) is 0 Å². The van der Waals surface area contributed by atoms with E-state index in [1.807, 2.05) is 0 Å². The number of carboxylic acids is 1. The van der Waals surface area contributed by atoms with Crippen LogP contribution in [0.4, 0.5) is 0 Å². The fraction of sp³-hybridized carbons (Fsp3) is 0.625. The van der Waals surface area contributed by atoms with Gasteiger partial charge >= 0.3 is 5.97 Å². The monoisotopic (exact) mass is 311 g/mol. The summed E-state index contributed by atoms with van der Waals surface area (Å²) >= 11 is 6.12. The van der Waals surface area contributed by atoms with Crippen LogP contribution in [0.2, 0.25) is 5.02 Å². The Morgan fingerprint density at radius 1 is 1.48 bits per heavy atom. The molecule has 0 bridgehead atoms. The maximum atomic E-state index is 11.1. The SMILES string of the molecule is CC1CCC(C(C)C)C(Oc2nccc(C(=O)O)c2Cl)C1. The second kappa shape index (κ2) is 6.65. The van der Waals surface area contributed by atoms with Crippen LogP contribution in [-0.4, -0.2) is 22.2 Å². The van der Waals surface area contributed by atoms with Gasteiger partial charge in [-0.05, 0) is 36.7 Å². The molecule has 1 aromatic rings. The minimum atomic E-state index is -1.07. The lowest BCUT2D eigenvalue weighted by atomic mass is 9.75. The van der Waals surface area contributed by atoms with Crippen molar-refractivity contribution < 1.29 is 14.6 Å². The van der Waals surface area contributed by atoms with E-state index >= 15 is 0 Å². The van der Waals surface area contributed by atoms with Gasteiger partial charge in [0.25, 0.3) is 0 Å². The number of hydrogen-bond acceptors (Lipinski definition) is 3. The molecule has 0 aliphatic heterocycles. The lowest BCUT2D eigenvalue weighted by Gasteiger charge is -2.37. The molecule has 0 aromatic carbocycles. The summed E-state index contributed by atoms with van der Waals surface area (Å²) in [6.07, 6.45) is 4.76. The number of hydrogen-bond donors (Lipinski definition) is 1. The number of pyridine rings is 1. The fourth-order valence-corrected chi connectivity index (χ4v) is 3.30. The first kappa shape index (κ1) is 16.1. The van der Waals surface area contributed by atoms with Crippen molar-refractivity contribution in [1.29, 1.82) is 0 Å². The lowest BCUT2D eigenvalue weighted by Crippen LogP contribution is -2.36. The third-order valence-electron chi connectivity index (χ3n) is 4.31. The Hall–Kier alpha value is -1.29. The predicted molar refractivity (Wildman–Crippen MR) is 82.0 cm³/mol. The predicted octanol–water partition coefficient (Wildman–Crippen LogP) is 4.27. The highest BCUT2D eigenvalue weighted by Gasteiger charge is 2.33. The molecule has 1 saturated carbocycles. The molecule has 5 heteroatoms. The maximum Gasteiger partial charge on any atom is 0.337 e. The van der Waals surface area contributed by atoms with Crippen molar-refractivity contribution in [3.63, 3.8) is 0 Å². The van der Waals surface area contributed by atoms with Crippen molar-refractivity contribution in [3.8, 4) is 5.88 Å². The van der Waals surface area contributed by atoms with Crippen molar-refractivity contribution in [1.82, 2.24) is 4.98 Å². The van der Waals surface area contributed by atoms with Crippen molar-refractivity contribution in [3.05, 3.63) is 22.8 Å². The molecule has 3 atom stereocenters.